The topological polar surface area (TPSA) is 83.5 Å². The highest BCUT2D eigenvalue weighted by Crippen LogP contribution is 2.18. The molecule has 2 aromatic rings. The summed E-state index contributed by atoms with van der Waals surface area (Å²) in [6.07, 6.45) is 0. The normalized spacial score (nSPS) is 11.7. The predicted molar refractivity (Wildman–Crippen MR) is 87.9 cm³/mol. The van der Waals surface area contributed by atoms with E-state index in [4.69, 9.17) is 5.11 Å². The lowest BCUT2D eigenvalue weighted by molar-refractivity contribution is 0.0696. The molecule has 0 radical (unpaired) electrons. The lowest BCUT2D eigenvalue weighted by atomic mass is 10.0. The van der Waals surface area contributed by atoms with Crippen molar-refractivity contribution < 1.29 is 22.7 Å². The van der Waals surface area contributed by atoms with Crippen molar-refractivity contribution in [2.75, 3.05) is 0 Å². The van der Waals surface area contributed by atoms with Crippen molar-refractivity contribution in [3.8, 4) is 0 Å². The number of hydrogen-bond acceptors (Lipinski definition) is 3. The molecule has 0 bridgehead atoms. The van der Waals surface area contributed by atoms with Crippen molar-refractivity contribution in [3.63, 3.8) is 0 Å². The van der Waals surface area contributed by atoms with Gasteiger partial charge in [0.25, 0.3) is 0 Å². The van der Waals surface area contributed by atoms with Gasteiger partial charge in [-0.2, -0.15) is 0 Å². The summed E-state index contributed by atoms with van der Waals surface area (Å²) in [4.78, 5) is 10.2. The lowest BCUT2D eigenvalue weighted by Gasteiger charge is -2.10. The number of sulfonamides is 1. The van der Waals surface area contributed by atoms with E-state index in [-0.39, 0.29) is 12.1 Å². The molecule has 5 nitrogen and oxygen atoms in total. The molecule has 0 fully saturated rings. The smallest absolute Gasteiger partial charge is 0.335 e. The van der Waals surface area contributed by atoms with E-state index in [1.165, 1.54) is 0 Å². The molecule has 7 heteroatoms. The number of hydrogen-bond donors (Lipinski definition) is 2. The van der Waals surface area contributed by atoms with E-state index in [2.05, 4.69) is 18.6 Å². The maximum absolute atomic E-state index is 13.8. The van der Waals surface area contributed by atoms with Crippen molar-refractivity contribution in [2.45, 2.75) is 31.2 Å². The lowest BCUT2D eigenvalue weighted by Crippen LogP contribution is -2.24. The summed E-state index contributed by atoms with van der Waals surface area (Å²) in [6.45, 7) is 4.09. The predicted octanol–water partition coefficient (Wildman–Crippen LogP) is 3.13. The van der Waals surface area contributed by atoms with Gasteiger partial charge in [0.1, 0.15) is 10.7 Å². The van der Waals surface area contributed by atoms with Gasteiger partial charge in [-0.1, -0.05) is 38.1 Å². The Bertz CT molecular complexity index is 845. The zero-order chi connectivity index (χ0) is 17.9. The van der Waals surface area contributed by atoms with E-state index in [9.17, 15) is 17.6 Å². The Morgan fingerprint density at radius 2 is 1.79 bits per heavy atom. The molecule has 0 heterocycles. The number of aromatic carboxylic acids is 1. The van der Waals surface area contributed by atoms with E-state index in [1.54, 1.807) is 12.1 Å². The van der Waals surface area contributed by atoms with Crippen LogP contribution in [0.15, 0.2) is 47.4 Å². The van der Waals surface area contributed by atoms with Gasteiger partial charge in [-0.05, 0) is 35.2 Å². The highest BCUT2D eigenvalue weighted by molar-refractivity contribution is 7.89. The summed E-state index contributed by atoms with van der Waals surface area (Å²) in [7, 11) is -4.16. The van der Waals surface area contributed by atoms with Crippen LogP contribution in [-0.4, -0.2) is 19.5 Å². The molecule has 2 rings (SSSR count). The first kappa shape index (κ1) is 18.1. The number of carboxylic acids is 1. The van der Waals surface area contributed by atoms with Gasteiger partial charge in [0.05, 0.1) is 5.56 Å². The molecule has 0 aliphatic rings. The van der Waals surface area contributed by atoms with E-state index >= 15 is 0 Å². The number of benzene rings is 2. The molecule has 0 spiro atoms. The SMILES string of the molecule is CC(C)c1ccc(CNS(=O)(=O)c2cc(C(=O)O)ccc2F)cc1. The van der Waals surface area contributed by atoms with E-state index in [0.717, 1.165) is 29.3 Å². The third-order valence-electron chi connectivity index (χ3n) is 3.58. The molecule has 0 unspecified atom stereocenters. The van der Waals surface area contributed by atoms with Crippen molar-refractivity contribution in [1.82, 2.24) is 4.72 Å². The minimum absolute atomic E-state index is 0.0164. The third-order valence-corrected chi connectivity index (χ3v) is 5.00. The average Bonchev–Trinajstić information content (AvgIpc) is 2.53. The number of rotatable bonds is 6. The Morgan fingerprint density at radius 1 is 1.17 bits per heavy atom. The minimum Gasteiger partial charge on any atom is -0.478 e. The Labute approximate surface area is 140 Å². The molecule has 0 saturated heterocycles. The molecular weight excluding hydrogens is 333 g/mol. The van der Waals surface area contributed by atoms with Crippen LogP contribution in [0.4, 0.5) is 4.39 Å². The fraction of sp³-hybridized carbons (Fsp3) is 0.235. The van der Waals surface area contributed by atoms with Crippen LogP contribution in [0.25, 0.3) is 0 Å². The van der Waals surface area contributed by atoms with Crippen LogP contribution in [0.1, 0.15) is 41.3 Å². The fourth-order valence-corrected chi connectivity index (χ4v) is 3.24. The average molecular weight is 351 g/mol. The van der Waals surface area contributed by atoms with Crippen LogP contribution < -0.4 is 4.72 Å². The van der Waals surface area contributed by atoms with Gasteiger partial charge < -0.3 is 5.11 Å². The Hall–Kier alpha value is -2.25. The van der Waals surface area contributed by atoms with Crippen LogP contribution in [-0.2, 0) is 16.6 Å². The van der Waals surface area contributed by atoms with Gasteiger partial charge in [0, 0.05) is 6.54 Å². The molecule has 128 valence electrons. The van der Waals surface area contributed by atoms with Gasteiger partial charge in [-0.25, -0.2) is 22.3 Å². The second-order valence-corrected chi connectivity index (χ2v) is 7.41. The Morgan fingerprint density at radius 3 is 2.33 bits per heavy atom. The van der Waals surface area contributed by atoms with Crippen LogP contribution in [0.3, 0.4) is 0 Å². The Kier molecular flexibility index (Phi) is 5.36. The summed E-state index contributed by atoms with van der Waals surface area (Å²) in [5.41, 5.74) is 1.55. The monoisotopic (exact) mass is 351 g/mol. The second-order valence-electron chi connectivity index (χ2n) is 5.67. The van der Waals surface area contributed by atoms with Crippen molar-refractivity contribution in [3.05, 3.63) is 65.0 Å². The second kappa shape index (κ2) is 7.11. The van der Waals surface area contributed by atoms with Gasteiger partial charge in [-0.3, -0.25) is 0 Å². The van der Waals surface area contributed by atoms with E-state index in [1.807, 2.05) is 12.1 Å². The number of carbonyl (C=O) groups is 1. The molecule has 24 heavy (non-hydrogen) atoms. The maximum Gasteiger partial charge on any atom is 0.335 e. The van der Waals surface area contributed by atoms with Gasteiger partial charge in [-0.15, -0.1) is 0 Å². The van der Waals surface area contributed by atoms with Crippen molar-refractivity contribution in [1.29, 1.82) is 0 Å². The molecule has 0 aromatic heterocycles. The molecule has 0 amide bonds. The van der Waals surface area contributed by atoms with Gasteiger partial charge >= 0.3 is 5.97 Å². The van der Waals surface area contributed by atoms with Crippen molar-refractivity contribution in [2.24, 2.45) is 0 Å². The molecule has 2 N–H and O–H groups in total. The molecule has 0 atom stereocenters. The third kappa shape index (κ3) is 4.18. The minimum atomic E-state index is -4.16. The zero-order valence-electron chi connectivity index (χ0n) is 13.3. The van der Waals surface area contributed by atoms with E-state index in [0.29, 0.717) is 5.92 Å². The van der Waals surface area contributed by atoms with E-state index < -0.39 is 26.7 Å². The quantitative estimate of drug-likeness (QED) is 0.837. The summed E-state index contributed by atoms with van der Waals surface area (Å²) in [5.74, 6) is -1.96. The zero-order valence-corrected chi connectivity index (χ0v) is 14.1. The van der Waals surface area contributed by atoms with Crippen LogP contribution in [0.5, 0.6) is 0 Å². The molecule has 0 saturated carbocycles. The van der Waals surface area contributed by atoms with Crippen LogP contribution in [0, 0.1) is 5.82 Å². The molecular formula is C17H18FNO4S. The first-order valence-electron chi connectivity index (χ1n) is 7.32. The maximum atomic E-state index is 13.8. The number of carboxylic acid groups (broad SMARTS) is 1. The van der Waals surface area contributed by atoms with Crippen LogP contribution >= 0.6 is 0 Å². The van der Waals surface area contributed by atoms with Gasteiger partial charge in [0.15, 0.2) is 0 Å². The summed E-state index contributed by atoms with van der Waals surface area (Å²) < 4.78 is 40.5. The molecule has 2 aromatic carbocycles. The first-order valence-corrected chi connectivity index (χ1v) is 8.80. The highest BCUT2D eigenvalue weighted by Gasteiger charge is 2.21. The fourth-order valence-electron chi connectivity index (χ4n) is 2.12. The summed E-state index contributed by atoms with van der Waals surface area (Å²) >= 11 is 0. The first-order chi connectivity index (χ1) is 11.2. The van der Waals surface area contributed by atoms with Crippen molar-refractivity contribution >= 4 is 16.0 Å². The highest BCUT2D eigenvalue weighted by atomic mass is 32.2. The number of nitrogens with one attached hydrogen (secondary N) is 1. The summed E-state index contributed by atoms with van der Waals surface area (Å²) in [6, 6.07) is 10.0. The summed E-state index contributed by atoms with van der Waals surface area (Å²) in [5, 5.41) is 8.91. The Balaban J connectivity index is 2.19. The molecule has 0 aliphatic heterocycles. The molecule has 0 aliphatic carbocycles. The van der Waals surface area contributed by atoms with Gasteiger partial charge in [0.2, 0.25) is 10.0 Å². The number of halogens is 1. The van der Waals surface area contributed by atoms with Crippen LogP contribution in [0.2, 0.25) is 0 Å². The standard InChI is InChI=1S/C17H18FNO4S/c1-11(2)13-5-3-12(4-6-13)10-19-24(22,23)16-9-14(17(20)21)7-8-15(16)18/h3-9,11,19H,10H2,1-2H3,(H,20,21). The largest absolute Gasteiger partial charge is 0.478 e.